The second-order valence-corrected chi connectivity index (χ2v) is 4.86. The Labute approximate surface area is 117 Å². The number of aromatic amines is 1. The number of rotatable bonds is 5. The average Bonchev–Trinajstić information content (AvgIpc) is 2.84. The van der Waals surface area contributed by atoms with E-state index in [2.05, 4.69) is 29.4 Å². The first kappa shape index (κ1) is 13.9. The molecular formula is C14H18N4O2. The minimum Gasteiger partial charge on any atom is -0.491 e. The Morgan fingerprint density at radius 1 is 1.45 bits per heavy atom. The van der Waals surface area contributed by atoms with Crippen LogP contribution in [0.15, 0.2) is 30.3 Å². The predicted molar refractivity (Wildman–Crippen MR) is 77.7 cm³/mol. The van der Waals surface area contributed by atoms with E-state index in [4.69, 9.17) is 10.5 Å². The third-order valence-electron chi connectivity index (χ3n) is 2.55. The summed E-state index contributed by atoms with van der Waals surface area (Å²) in [7, 11) is 0. The van der Waals surface area contributed by atoms with Crippen LogP contribution in [0.5, 0.6) is 5.75 Å². The van der Waals surface area contributed by atoms with Gasteiger partial charge in [0.2, 0.25) is 0 Å². The number of benzene rings is 1. The van der Waals surface area contributed by atoms with E-state index in [0.29, 0.717) is 29.7 Å². The van der Waals surface area contributed by atoms with E-state index >= 15 is 0 Å². The number of aromatic nitrogens is 2. The van der Waals surface area contributed by atoms with Gasteiger partial charge < -0.3 is 15.8 Å². The summed E-state index contributed by atoms with van der Waals surface area (Å²) in [6, 6.07) is 8.78. The molecule has 20 heavy (non-hydrogen) atoms. The van der Waals surface area contributed by atoms with E-state index in [1.54, 1.807) is 6.07 Å². The number of carbonyl (C=O) groups excluding carboxylic acids is 1. The quantitative estimate of drug-likeness (QED) is 0.779. The van der Waals surface area contributed by atoms with E-state index in [-0.39, 0.29) is 11.7 Å². The predicted octanol–water partition coefficient (Wildman–Crippen LogP) is 2.28. The number of nitrogens with two attached hydrogens (primary N) is 1. The van der Waals surface area contributed by atoms with Gasteiger partial charge in [0, 0.05) is 6.07 Å². The molecule has 0 spiro atoms. The smallest absolute Gasteiger partial charge is 0.273 e. The molecule has 0 bridgehead atoms. The van der Waals surface area contributed by atoms with Crippen LogP contribution in [-0.2, 0) is 0 Å². The molecular weight excluding hydrogens is 256 g/mol. The number of hydrogen-bond donors (Lipinski definition) is 3. The fourth-order valence-electron chi connectivity index (χ4n) is 1.60. The van der Waals surface area contributed by atoms with Crippen molar-refractivity contribution < 1.29 is 9.53 Å². The van der Waals surface area contributed by atoms with Crippen LogP contribution >= 0.6 is 0 Å². The van der Waals surface area contributed by atoms with Crippen molar-refractivity contribution >= 4 is 17.4 Å². The van der Waals surface area contributed by atoms with Gasteiger partial charge in [0.05, 0.1) is 12.3 Å². The summed E-state index contributed by atoms with van der Waals surface area (Å²) in [5.74, 6) is 1.02. The van der Waals surface area contributed by atoms with E-state index < -0.39 is 0 Å². The van der Waals surface area contributed by atoms with Gasteiger partial charge in [0.1, 0.15) is 17.3 Å². The van der Waals surface area contributed by atoms with Gasteiger partial charge >= 0.3 is 0 Å². The lowest BCUT2D eigenvalue weighted by Crippen LogP contribution is -2.14. The molecule has 6 nitrogen and oxygen atoms in total. The molecule has 1 heterocycles. The van der Waals surface area contributed by atoms with Crippen molar-refractivity contribution in [3.63, 3.8) is 0 Å². The van der Waals surface area contributed by atoms with Crippen LogP contribution in [0.25, 0.3) is 0 Å². The lowest BCUT2D eigenvalue weighted by Gasteiger charge is -2.13. The number of amides is 1. The number of carbonyl (C=O) groups is 1. The Balaban J connectivity index is 2.10. The van der Waals surface area contributed by atoms with Crippen LogP contribution in [-0.4, -0.2) is 22.7 Å². The summed E-state index contributed by atoms with van der Waals surface area (Å²) in [6.07, 6.45) is 0. The molecule has 0 aliphatic carbocycles. The van der Waals surface area contributed by atoms with Crippen LogP contribution in [0, 0.1) is 5.92 Å². The summed E-state index contributed by atoms with van der Waals surface area (Å²) >= 11 is 0. The zero-order chi connectivity index (χ0) is 14.5. The normalized spacial score (nSPS) is 10.6. The van der Waals surface area contributed by atoms with Gasteiger partial charge in [-0.05, 0) is 18.1 Å². The number of para-hydroxylation sites is 2. The fourth-order valence-corrected chi connectivity index (χ4v) is 1.60. The highest BCUT2D eigenvalue weighted by Gasteiger charge is 2.12. The maximum absolute atomic E-state index is 12.0. The van der Waals surface area contributed by atoms with Crippen LogP contribution in [0.2, 0.25) is 0 Å². The number of hydrogen-bond acceptors (Lipinski definition) is 4. The Kier molecular flexibility index (Phi) is 4.24. The van der Waals surface area contributed by atoms with E-state index in [1.807, 2.05) is 18.2 Å². The topological polar surface area (TPSA) is 93.0 Å². The first-order valence-corrected chi connectivity index (χ1v) is 6.40. The van der Waals surface area contributed by atoms with Crippen LogP contribution in [0.4, 0.5) is 11.5 Å². The molecule has 1 aromatic heterocycles. The summed E-state index contributed by atoms with van der Waals surface area (Å²) in [4.78, 5) is 12.0. The number of nitrogen functional groups attached to an aromatic ring is 1. The van der Waals surface area contributed by atoms with Gasteiger partial charge in [0.25, 0.3) is 5.91 Å². The first-order valence-electron chi connectivity index (χ1n) is 6.40. The van der Waals surface area contributed by atoms with Gasteiger partial charge in [-0.2, -0.15) is 5.10 Å². The van der Waals surface area contributed by atoms with E-state index in [0.717, 1.165) is 0 Å². The summed E-state index contributed by atoms with van der Waals surface area (Å²) in [6.45, 7) is 4.72. The molecule has 0 aliphatic rings. The molecule has 0 saturated heterocycles. The second-order valence-electron chi connectivity index (χ2n) is 4.86. The Bertz CT molecular complexity index is 592. The van der Waals surface area contributed by atoms with Gasteiger partial charge in [-0.15, -0.1) is 0 Å². The first-order chi connectivity index (χ1) is 9.56. The Morgan fingerprint density at radius 2 is 2.20 bits per heavy atom. The molecule has 2 rings (SSSR count). The fraction of sp³-hybridized carbons (Fsp3) is 0.286. The molecule has 0 aliphatic heterocycles. The standard InChI is InChI=1S/C14H18N4O2/c1-9(2)8-20-12-6-4-3-5-10(12)16-14(19)11-7-13(15)18-17-11/h3-7,9H,8H2,1-2H3,(H,16,19)(H3,15,17,18). The molecule has 0 saturated carbocycles. The molecule has 0 atom stereocenters. The second kappa shape index (κ2) is 6.10. The van der Waals surface area contributed by atoms with Crippen molar-refractivity contribution in [2.24, 2.45) is 5.92 Å². The Morgan fingerprint density at radius 3 is 2.85 bits per heavy atom. The van der Waals surface area contributed by atoms with Crippen LogP contribution < -0.4 is 15.8 Å². The molecule has 0 unspecified atom stereocenters. The molecule has 6 heteroatoms. The summed E-state index contributed by atoms with van der Waals surface area (Å²) < 4.78 is 5.68. The maximum Gasteiger partial charge on any atom is 0.273 e. The van der Waals surface area contributed by atoms with E-state index in [9.17, 15) is 4.79 Å². The zero-order valence-electron chi connectivity index (χ0n) is 11.5. The van der Waals surface area contributed by atoms with Crippen LogP contribution in [0.3, 0.4) is 0 Å². The summed E-state index contributed by atoms with van der Waals surface area (Å²) in [5, 5.41) is 9.06. The van der Waals surface area contributed by atoms with Gasteiger partial charge in [-0.3, -0.25) is 9.89 Å². The lowest BCUT2D eigenvalue weighted by molar-refractivity contribution is 0.102. The van der Waals surface area contributed by atoms with Crippen molar-refractivity contribution in [1.29, 1.82) is 0 Å². The van der Waals surface area contributed by atoms with Gasteiger partial charge in [-0.1, -0.05) is 26.0 Å². The molecule has 2 aromatic rings. The highest BCUT2D eigenvalue weighted by atomic mass is 16.5. The van der Waals surface area contributed by atoms with Gasteiger partial charge in [0.15, 0.2) is 0 Å². The van der Waals surface area contributed by atoms with Crippen molar-refractivity contribution in [1.82, 2.24) is 10.2 Å². The average molecular weight is 274 g/mol. The van der Waals surface area contributed by atoms with Crippen LogP contribution in [0.1, 0.15) is 24.3 Å². The Hall–Kier alpha value is -2.50. The van der Waals surface area contributed by atoms with Crippen molar-refractivity contribution in [3.05, 3.63) is 36.0 Å². The maximum atomic E-state index is 12.0. The monoisotopic (exact) mass is 274 g/mol. The van der Waals surface area contributed by atoms with Crippen molar-refractivity contribution in [3.8, 4) is 5.75 Å². The highest BCUT2D eigenvalue weighted by molar-refractivity contribution is 6.04. The van der Waals surface area contributed by atoms with Crippen molar-refractivity contribution in [2.45, 2.75) is 13.8 Å². The largest absolute Gasteiger partial charge is 0.491 e. The van der Waals surface area contributed by atoms with Gasteiger partial charge in [-0.25, -0.2) is 0 Å². The minimum atomic E-state index is -0.310. The minimum absolute atomic E-state index is 0.277. The highest BCUT2D eigenvalue weighted by Crippen LogP contribution is 2.24. The third kappa shape index (κ3) is 3.50. The number of nitrogens with zero attached hydrogens (tertiary/aromatic N) is 1. The summed E-state index contributed by atoms with van der Waals surface area (Å²) in [5.41, 5.74) is 6.40. The third-order valence-corrected chi connectivity index (χ3v) is 2.55. The lowest BCUT2D eigenvalue weighted by atomic mass is 10.2. The molecule has 1 aromatic carbocycles. The molecule has 0 fully saturated rings. The molecule has 106 valence electrons. The molecule has 4 N–H and O–H groups in total. The van der Waals surface area contributed by atoms with E-state index in [1.165, 1.54) is 6.07 Å². The molecule has 0 radical (unpaired) electrons. The number of ether oxygens (including phenoxy) is 1. The van der Waals surface area contributed by atoms with Crippen molar-refractivity contribution in [2.75, 3.05) is 17.7 Å². The number of nitrogens with one attached hydrogen (secondary N) is 2. The zero-order valence-corrected chi connectivity index (χ0v) is 11.5. The SMILES string of the molecule is CC(C)COc1ccccc1NC(=O)c1cc(N)n[nH]1. The number of anilines is 2. The number of H-pyrrole nitrogens is 1. The molecule has 1 amide bonds.